The SMILES string of the molecule is COc1ccc(Cn2nc(-c3nc(-c4ccccc4Cl)c[nH]3)c(O)c2-c2ccccc2)cc1. The van der Waals surface area contributed by atoms with Gasteiger partial charge in [-0.05, 0) is 23.8 Å². The highest BCUT2D eigenvalue weighted by atomic mass is 35.5. The highest BCUT2D eigenvalue weighted by molar-refractivity contribution is 6.33. The van der Waals surface area contributed by atoms with Gasteiger partial charge in [-0.3, -0.25) is 4.68 Å². The number of nitrogens with zero attached hydrogens (tertiary/aromatic N) is 3. The van der Waals surface area contributed by atoms with Gasteiger partial charge in [0.05, 0.1) is 24.4 Å². The lowest BCUT2D eigenvalue weighted by Gasteiger charge is -2.09. The third-order valence-electron chi connectivity index (χ3n) is 5.42. The molecule has 0 radical (unpaired) electrons. The molecule has 0 saturated carbocycles. The van der Waals surface area contributed by atoms with Gasteiger partial charge >= 0.3 is 0 Å². The van der Waals surface area contributed by atoms with Gasteiger partial charge in [-0.15, -0.1) is 0 Å². The molecule has 0 aliphatic heterocycles. The number of aromatic hydroxyl groups is 1. The van der Waals surface area contributed by atoms with Crippen molar-refractivity contribution in [3.05, 3.63) is 95.6 Å². The van der Waals surface area contributed by atoms with E-state index in [0.29, 0.717) is 34.5 Å². The first-order chi connectivity index (χ1) is 16.1. The first kappa shape index (κ1) is 20.8. The van der Waals surface area contributed by atoms with Crippen LogP contribution in [0.25, 0.3) is 34.0 Å². The van der Waals surface area contributed by atoms with Crippen molar-refractivity contribution in [3.63, 3.8) is 0 Å². The largest absolute Gasteiger partial charge is 0.504 e. The quantitative estimate of drug-likeness (QED) is 0.327. The van der Waals surface area contributed by atoms with E-state index in [2.05, 4.69) is 9.97 Å². The van der Waals surface area contributed by atoms with Gasteiger partial charge in [0, 0.05) is 17.3 Å². The number of aromatic amines is 1. The summed E-state index contributed by atoms with van der Waals surface area (Å²) in [5.74, 6) is 1.32. The van der Waals surface area contributed by atoms with Crippen LogP contribution >= 0.6 is 11.6 Å². The monoisotopic (exact) mass is 456 g/mol. The molecule has 0 spiro atoms. The van der Waals surface area contributed by atoms with Crippen molar-refractivity contribution in [2.24, 2.45) is 0 Å². The summed E-state index contributed by atoms with van der Waals surface area (Å²) in [7, 11) is 1.64. The van der Waals surface area contributed by atoms with E-state index in [0.717, 1.165) is 22.4 Å². The van der Waals surface area contributed by atoms with Crippen LogP contribution in [-0.2, 0) is 6.54 Å². The lowest BCUT2D eigenvalue weighted by Crippen LogP contribution is -2.04. The normalized spacial score (nSPS) is 11.0. The predicted molar refractivity (Wildman–Crippen MR) is 129 cm³/mol. The average Bonchev–Trinajstić information content (AvgIpc) is 3.45. The number of H-pyrrole nitrogens is 1. The molecule has 0 amide bonds. The Morgan fingerprint density at radius 1 is 0.970 bits per heavy atom. The molecule has 2 aromatic heterocycles. The average molecular weight is 457 g/mol. The van der Waals surface area contributed by atoms with Gasteiger partial charge in [0.1, 0.15) is 11.4 Å². The van der Waals surface area contributed by atoms with Crippen molar-refractivity contribution in [1.29, 1.82) is 0 Å². The Labute approximate surface area is 196 Å². The fourth-order valence-electron chi connectivity index (χ4n) is 3.76. The second-order valence-corrected chi connectivity index (χ2v) is 7.94. The smallest absolute Gasteiger partial charge is 0.173 e. The summed E-state index contributed by atoms with van der Waals surface area (Å²) in [6.07, 6.45) is 1.76. The summed E-state index contributed by atoms with van der Waals surface area (Å²) in [5.41, 5.74) is 4.37. The molecule has 0 aliphatic rings. The number of rotatable bonds is 6. The molecule has 2 heterocycles. The zero-order chi connectivity index (χ0) is 22.8. The minimum Gasteiger partial charge on any atom is -0.504 e. The Hall–Kier alpha value is -4.03. The number of halogens is 1. The summed E-state index contributed by atoms with van der Waals surface area (Å²) in [6, 6.07) is 25.0. The van der Waals surface area contributed by atoms with Gasteiger partial charge in [0.2, 0.25) is 0 Å². The van der Waals surface area contributed by atoms with Crippen molar-refractivity contribution in [2.45, 2.75) is 6.54 Å². The molecule has 3 aromatic carbocycles. The van der Waals surface area contributed by atoms with Crippen LogP contribution in [0.5, 0.6) is 11.5 Å². The maximum Gasteiger partial charge on any atom is 0.173 e. The van der Waals surface area contributed by atoms with Gasteiger partial charge in [-0.1, -0.05) is 72.3 Å². The third-order valence-corrected chi connectivity index (χ3v) is 5.75. The van der Waals surface area contributed by atoms with Crippen LogP contribution in [0.15, 0.2) is 85.1 Å². The summed E-state index contributed by atoms with van der Waals surface area (Å²) < 4.78 is 7.05. The van der Waals surface area contributed by atoms with E-state index >= 15 is 0 Å². The van der Waals surface area contributed by atoms with Gasteiger partial charge in [-0.25, -0.2) is 4.98 Å². The minimum atomic E-state index is 0.0646. The van der Waals surface area contributed by atoms with E-state index in [1.807, 2.05) is 78.9 Å². The molecule has 0 saturated heterocycles. The van der Waals surface area contributed by atoms with Crippen LogP contribution in [0.4, 0.5) is 0 Å². The maximum absolute atomic E-state index is 11.2. The van der Waals surface area contributed by atoms with Crippen molar-refractivity contribution in [2.75, 3.05) is 7.11 Å². The number of nitrogens with one attached hydrogen (secondary N) is 1. The number of methoxy groups -OCH3 is 1. The van der Waals surface area contributed by atoms with Gasteiger partial charge in [0.15, 0.2) is 17.3 Å². The third kappa shape index (κ3) is 4.08. The standard InChI is InChI=1S/C26H21ClN4O2/c1-33-19-13-11-17(12-14-19)16-31-24(18-7-3-2-4-8-18)25(32)23(30-31)26-28-15-22(29-26)20-9-5-6-10-21(20)27/h2-15,32H,16H2,1H3,(H,28,29). The summed E-state index contributed by atoms with van der Waals surface area (Å²) in [5, 5.41) is 16.6. The molecule has 33 heavy (non-hydrogen) atoms. The van der Waals surface area contributed by atoms with Crippen LogP contribution in [0, 0.1) is 0 Å². The van der Waals surface area contributed by atoms with Crippen molar-refractivity contribution in [1.82, 2.24) is 19.7 Å². The zero-order valence-corrected chi connectivity index (χ0v) is 18.6. The number of ether oxygens (including phenoxy) is 1. The van der Waals surface area contributed by atoms with E-state index in [1.54, 1.807) is 18.0 Å². The van der Waals surface area contributed by atoms with Gasteiger partial charge < -0.3 is 14.8 Å². The highest BCUT2D eigenvalue weighted by Crippen LogP contribution is 2.38. The molecule has 0 aliphatic carbocycles. The first-order valence-electron chi connectivity index (χ1n) is 10.4. The predicted octanol–water partition coefficient (Wildman–Crippen LogP) is 6.02. The molecular weight excluding hydrogens is 436 g/mol. The molecule has 5 aromatic rings. The zero-order valence-electron chi connectivity index (χ0n) is 17.9. The Morgan fingerprint density at radius 3 is 2.42 bits per heavy atom. The number of imidazole rings is 1. The van der Waals surface area contributed by atoms with Crippen molar-refractivity contribution < 1.29 is 9.84 Å². The fraction of sp³-hybridized carbons (Fsp3) is 0.0769. The molecule has 0 atom stereocenters. The Kier molecular flexibility index (Phi) is 5.59. The molecule has 7 heteroatoms. The minimum absolute atomic E-state index is 0.0646. The summed E-state index contributed by atoms with van der Waals surface area (Å²) >= 11 is 6.33. The number of aromatic nitrogens is 4. The molecule has 164 valence electrons. The van der Waals surface area contributed by atoms with Crippen LogP contribution in [0.3, 0.4) is 0 Å². The fourth-order valence-corrected chi connectivity index (χ4v) is 3.99. The topological polar surface area (TPSA) is 76.0 Å². The van der Waals surface area contributed by atoms with E-state index < -0.39 is 0 Å². The molecule has 0 fully saturated rings. The second kappa shape index (κ2) is 8.84. The van der Waals surface area contributed by atoms with E-state index in [1.165, 1.54) is 0 Å². The van der Waals surface area contributed by atoms with E-state index in [4.69, 9.17) is 21.4 Å². The van der Waals surface area contributed by atoms with E-state index in [9.17, 15) is 5.11 Å². The summed E-state index contributed by atoms with van der Waals surface area (Å²) in [4.78, 5) is 7.80. The number of benzene rings is 3. The molecular formula is C26H21ClN4O2. The van der Waals surface area contributed by atoms with Gasteiger partial charge in [0.25, 0.3) is 0 Å². The Balaban J connectivity index is 1.58. The molecule has 5 rings (SSSR count). The molecule has 0 unspecified atom stereocenters. The lowest BCUT2D eigenvalue weighted by molar-refractivity contribution is 0.414. The van der Waals surface area contributed by atoms with E-state index in [-0.39, 0.29) is 5.75 Å². The molecule has 6 nitrogen and oxygen atoms in total. The Morgan fingerprint density at radius 2 is 1.70 bits per heavy atom. The highest BCUT2D eigenvalue weighted by Gasteiger charge is 2.22. The van der Waals surface area contributed by atoms with Crippen LogP contribution < -0.4 is 4.74 Å². The first-order valence-corrected chi connectivity index (χ1v) is 10.8. The van der Waals surface area contributed by atoms with Crippen molar-refractivity contribution >= 4 is 11.6 Å². The lowest BCUT2D eigenvalue weighted by atomic mass is 10.1. The van der Waals surface area contributed by atoms with Crippen LogP contribution in [0.1, 0.15) is 5.56 Å². The van der Waals surface area contributed by atoms with Gasteiger partial charge in [-0.2, -0.15) is 5.10 Å². The molecule has 2 N–H and O–H groups in total. The second-order valence-electron chi connectivity index (χ2n) is 7.53. The maximum atomic E-state index is 11.2. The number of hydrogen-bond donors (Lipinski definition) is 2. The Bertz CT molecular complexity index is 1390. The van der Waals surface area contributed by atoms with Crippen LogP contribution in [-0.4, -0.2) is 32.0 Å². The van der Waals surface area contributed by atoms with Crippen LogP contribution in [0.2, 0.25) is 5.02 Å². The number of hydrogen-bond acceptors (Lipinski definition) is 4. The summed E-state index contributed by atoms with van der Waals surface area (Å²) in [6.45, 7) is 0.472. The van der Waals surface area contributed by atoms with Crippen molar-refractivity contribution in [3.8, 4) is 45.5 Å². The molecule has 0 bridgehead atoms.